The van der Waals surface area contributed by atoms with E-state index in [2.05, 4.69) is 19.8 Å². The first-order valence-electron chi connectivity index (χ1n) is 8.01. The van der Waals surface area contributed by atoms with Gasteiger partial charge in [0.05, 0.1) is 16.9 Å². The van der Waals surface area contributed by atoms with Crippen LogP contribution in [0, 0.1) is 6.92 Å². The van der Waals surface area contributed by atoms with Gasteiger partial charge in [-0.25, -0.2) is 4.68 Å². The van der Waals surface area contributed by atoms with Gasteiger partial charge in [-0.1, -0.05) is 30.3 Å². The van der Waals surface area contributed by atoms with Crippen LogP contribution in [0.1, 0.15) is 16.1 Å². The summed E-state index contributed by atoms with van der Waals surface area (Å²) in [5, 5.41) is 8.50. The van der Waals surface area contributed by atoms with E-state index in [1.165, 1.54) is 11.5 Å². The first-order chi connectivity index (χ1) is 12.7. The van der Waals surface area contributed by atoms with E-state index in [-0.39, 0.29) is 0 Å². The number of aromatic nitrogens is 4. The molecule has 0 aliphatic carbocycles. The van der Waals surface area contributed by atoms with Crippen LogP contribution >= 0.6 is 11.5 Å². The summed E-state index contributed by atoms with van der Waals surface area (Å²) in [6.07, 6.45) is 2.71. The molecule has 0 aliphatic heterocycles. The summed E-state index contributed by atoms with van der Waals surface area (Å²) in [4.78, 5) is 15.5. The number of carbonyl (C=O) groups is 1. The van der Waals surface area contributed by atoms with E-state index in [4.69, 9.17) is 0 Å². The lowest BCUT2D eigenvalue weighted by molar-refractivity contribution is 0.112. The summed E-state index contributed by atoms with van der Waals surface area (Å²) in [5.74, 6) is 0.628. The number of hydrogen-bond donors (Lipinski definition) is 1. The minimum atomic E-state index is 0.610. The zero-order valence-electron chi connectivity index (χ0n) is 14.0. The Balaban J connectivity index is 1.62. The molecular formula is C19H15N5OS. The molecule has 0 saturated carbocycles. The van der Waals surface area contributed by atoms with Crippen LogP contribution in [-0.2, 0) is 0 Å². The van der Waals surface area contributed by atoms with Gasteiger partial charge >= 0.3 is 0 Å². The molecule has 1 N–H and O–H groups in total. The van der Waals surface area contributed by atoms with Crippen molar-refractivity contribution in [2.45, 2.75) is 6.92 Å². The topological polar surface area (TPSA) is 72.7 Å². The molecule has 0 radical (unpaired) electrons. The molecule has 7 heteroatoms. The minimum absolute atomic E-state index is 0.610. The molecule has 4 rings (SSSR count). The zero-order chi connectivity index (χ0) is 17.9. The second-order valence-corrected chi connectivity index (χ2v) is 6.45. The van der Waals surface area contributed by atoms with Crippen LogP contribution in [0.3, 0.4) is 0 Å². The smallest absolute Gasteiger partial charge is 0.207 e. The lowest BCUT2D eigenvalue weighted by Gasteiger charge is -2.01. The number of para-hydroxylation sites is 1. The van der Waals surface area contributed by atoms with Crippen LogP contribution in [0.4, 0.5) is 10.8 Å². The second kappa shape index (κ2) is 6.89. The highest BCUT2D eigenvalue weighted by Crippen LogP contribution is 2.26. The van der Waals surface area contributed by atoms with Crippen molar-refractivity contribution in [1.82, 2.24) is 19.1 Å². The van der Waals surface area contributed by atoms with Gasteiger partial charge in [-0.15, -0.1) is 0 Å². The molecule has 0 aliphatic rings. The van der Waals surface area contributed by atoms with Crippen LogP contribution < -0.4 is 5.32 Å². The molecule has 128 valence electrons. The van der Waals surface area contributed by atoms with Crippen LogP contribution in [0.25, 0.3) is 17.1 Å². The molecule has 0 amide bonds. The van der Waals surface area contributed by atoms with E-state index in [1.54, 1.807) is 16.8 Å². The number of benzene rings is 2. The lowest BCUT2D eigenvalue weighted by Crippen LogP contribution is -1.95. The molecule has 0 saturated heterocycles. The standard InChI is InChI=1S/C19H15N5OS/c1-13-17(11-24(22-13)16-9-5-6-14(10-16)12-25)18-21-19(26-23-18)20-15-7-3-2-4-8-15/h2-12H,1H3,(H,20,21,23). The average Bonchev–Trinajstić information content (AvgIpc) is 3.29. The Bertz CT molecular complexity index is 1050. The largest absolute Gasteiger partial charge is 0.330 e. The summed E-state index contributed by atoms with van der Waals surface area (Å²) in [5.41, 5.74) is 4.08. The van der Waals surface area contributed by atoms with E-state index in [0.29, 0.717) is 11.4 Å². The minimum Gasteiger partial charge on any atom is -0.330 e. The van der Waals surface area contributed by atoms with Crippen LogP contribution in [-0.4, -0.2) is 25.4 Å². The predicted octanol–water partition coefficient (Wildman–Crippen LogP) is 4.26. The number of rotatable bonds is 5. The van der Waals surface area contributed by atoms with E-state index < -0.39 is 0 Å². The SMILES string of the molecule is Cc1nn(-c2cccc(C=O)c2)cc1-c1nsc(Nc2ccccc2)n1. The Morgan fingerprint density at radius 2 is 1.96 bits per heavy atom. The molecule has 0 fully saturated rings. The second-order valence-electron chi connectivity index (χ2n) is 5.70. The van der Waals surface area contributed by atoms with E-state index in [0.717, 1.165) is 34.0 Å². The van der Waals surface area contributed by atoms with Crippen molar-refractivity contribution < 1.29 is 4.79 Å². The van der Waals surface area contributed by atoms with Crippen molar-refractivity contribution in [3.05, 3.63) is 72.1 Å². The molecule has 0 atom stereocenters. The Morgan fingerprint density at radius 3 is 2.77 bits per heavy atom. The van der Waals surface area contributed by atoms with E-state index in [1.807, 2.05) is 55.6 Å². The van der Waals surface area contributed by atoms with Crippen LogP contribution in [0.15, 0.2) is 60.8 Å². The Hall–Kier alpha value is -3.32. The molecule has 2 aromatic heterocycles. The highest BCUT2D eigenvalue weighted by molar-refractivity contribution is 7.09. The molecule has 2 aromatic carbocycles. The fourth-order valence-electron chi connectivity index (χ4n) is 2.58. The summed E-state index contributed by atoms with van der Waals surface area (Å²) in [6.45, 7) is 1.92. The van der Waals surface area contributed by atoms with Crippen molar-refractivity contribution in [3.63, 3.8) is 0 Å². The van der Waals surface area contributed by atoms with Gasteiger partial charge in [0.1, 0.15) is 6.29 Å². The molecule has 4 aromatic rings. The summed E-state index contributed by atoms with van der Waals surface area (Å²) in [7, 11) is 0. The number of hydrogen-bond acceptors (Lipinski definition) is 6. The Morgan fingerprint density at radius 1 is 1.12 bits per heavy atom. The average molecular weight is 361 g/mol. The van der Waals surface area contributed by atoms with Gasteiger partial charge in [-0.05, 0) is 31.2 Å². The third kappa shape index (κ3) is 3.25. The van der Waals surface area contributed by atoms with Gasteiger partial charge in [0.15, 0.2) is 5.82 Å². The maximum Gasteiger partial charge on any atom is 0.207 e. The van der Waals surface area contributed by atoms with Crippen molar-refractivity contribution in [3.8, 4) is 17.1 Å². The molecule has 0 unspecified atom stereocenters. The van der Waals surface area contributed by atoms with Gasteiger partial charge < -0.3 is 5.32 Å². The first kappa shape index (κ1) is 16.2. The molecule has 2 heterocycles. The van der Waals surface area contributed by atoms with Gasteiger partial charge in [0, 0.05) is 29.0 Å². The van der Waals surface area contributed by atoms with Crippen molar-refractivity contribution in [2.75, 3.05) is 5.32 Å². The number of nitrogens with one attached hydrogen (secondary N) is 1. The fourth-order valence-corrected chi connectivity index (χ4v) is 3.18. The number of carbonyl (C=O) groups excluding carboxylic acids is 1. The third-order valence-electron chi connectivity index (χ3n) is 3.86. The number of aldehydes is 1. The molecule has 0 spiro atoms. The highest BCUT2D eigenvalue weighted by atomic mass is 32.1. The normalized spacial score (nSPS) is 10.7. The van der Waals surface area contributed by atoms with E-state index in [9.17, 15) is 4.79 Å². The van der Waals surface area contributed by atoms with Crippen LogP contribution in [0.2, 0.25) is 0 Å². The number of aryl methyl sites for hydroxylation is 1. The number of anilines is 2. The van der Waals surface area contributed by atoms with Crippen molar-refractivity contribution in [2.24, 2.45) is 0 Å². The van der Waals surface area contributed by atoms with Crippen LogP contribution in [0.5, 0.6) is 0 Å². The highest BCUT2D eigenvalue weighted by Gasteiger charge is 2.14. The molecule has 0 bridgehead atoms. The zero-order valence-corrected chi connectivity index (χ0v) is 14.8. The van der Waals surface area contributed by atoms with Gasteiger partial charge in [-0.3, -0.25) is 4.79 Å². The monoisotopic (exact) mass is 361 g/mol. The Kier molecular flexibility index (Phi) is 4.28. The van der Waals surface area contributed by atoms with Crippen molar-refractivity contribution in [1.29, 1.82) is 0 Å². The van der Waals surface area contributed by atoms with Gasteiger partial charge in [-0.2, -0.15) is 14.5 Å². The van der Waals surface area contributed by atoms with Gasteiger partial charge in [0.2, 0.25) is 5.13 Å². The molecule has 26 heavy (non-hydrogen) atoms. The number of nitrogens with zero attached hydrogens (tertiary/aromatic N) is 4. The quantitative estimate of drug-likeness (QED) is 0.538. The maximum atomic E-state index is 11.0. The summed E-state index contributed by atoms with van der Waals surface area (Å²) in [6, 6.07) is 17.1. The summed E-state index contributed by atoms with van der Waals surface area (Å²) >= 11 is 1.30. The maximum absolute atomic E-state index is 11.0. The van der Waals surface area contributed by atoms with E-state index >= 15 is 0 Å². The van der Waals surface area contributed by atoms with Crippen molar-refractivity contribution >= 4 is 28.6 Å². The first-order valence-corrected chi connectivity index (χ1v) is 8.78. The third-order valence-corrected chi connectivity index (χ3v) is 4.49. The van der Waals surface area contributed by atoms with Gasteiger partial charge in [0.25, 0.3) is 0 Å². The molecule has 6 nitrogen and oxygen atoms in total. The predicted molar refractivity (Wildman–Crippen MR) is 102 cm³/mol. The lowest BCUT2D eigenvalue weighted by atomic mass is 10.2. The molecular weight excluding hydrogens is 346 g/mol. The summed E-state index contributed by atoms with van der Waals surface area (Å²) < 4.78 is 6.18. The Labute approximate surface area is 154 Å². The fraction of sp³-hybridized carbons (Fsp3) is 0.0526.